The van der Waals surface area contributed by atoms with Gasteiger partial charge in [0.05, 0.1) is 5.92 Å². The fourth-order valence-electron chi connectivity index (χ4n) is 2.67. The van der Waals surface area contributed by atoms with Crippen LogP contribution in [-0.4, -0.2) is 5.78 Å². The summed E-state index contributed by atoms with van der Waals surface area (Å²) in [5, 5.41) is 0. The van der Waals surface area contributed by atoms with Gasteiger partial charge in [0.15, 0.2) is 5.78 Å². The van der Waals surface area contributed by atoms with E-state index in [1.165, 1.54) is 5.56 Å². The van der Waals surface area contributed by atoms with E-state index in [0.29, 0.717) is 0 Å². The lowest BCUT2D eigenvalue weighted by atomic mass is 9.84. The van der Waals surface area contributed by atoms with Gasteiger partial charge in [-0.05, 0) is 18.1 Å². The van der Waals surface area contributed by atoms with Gasteiger partial charge in [-0.3, -0.25) is 4.79 Å². The molecule has 0 heterocycles. The standard InChI is InChI=1S/C21H18O/c1-16-12-14-18(15-13-16)20(17-8-4-2-5-9-17)21(22)19-10-6-3-7-11-19/h2-15,20H,1H3/t20-/m0/s1. The highest BCUT2D eigenvalue weighted by Crippen LogP contribution is 2.28. The van der Waals surface area contributed by atoms with Crippen molar-refractivity contribution in [3.63, 3.8) is 0 Å². The first-order valence-corrected chi connectivity index (χ1v) is 7.46. The summed E-state index contributed by atoms with van der Waals surface area (Å²) in [6.45, 7) is 2.06. The number of rotatable bonds is 4. The molecule has 1 atom stereocenters. The largest absolute Gasteiger partial charge is 0.293 e. The van der Waals surface area contributed by atoms with Crippen LogP contribution >= 0.6 is 0 Å². The van der Waals surface area contributed by atoms with E-state index < -0.39 is 0 Å². The Hall–Kier alpha value is -2.67. The van der Waals surface area contributed by atoms with Crippen molar-refractivity contribution >= 4 is 5.78 Å². The summed E-state index contributed by atoms with van der Waals surface area (Å²) in [5.74, 6) is -0.125. The molecule has 0 amide bonds. The highest BCUT2D eigenvalue weighted by molar-refractivity contribution is 6.03. The summed E-state index contributed by atoms with van der Waals surface area (Å²) in [6.07, 6.45) is 0. The van der Waals surface area contributed by atoms with Crippen molar-refractivity contribution in [3.05, 3.63) is 107 Å². The summed E-state index contributed by atoms with van der Waals surface area (Å²) in [4.78, 5) is 13.0. The predicted molar refractivity (Wildman–Crippen MR) is 90.2 cm³/mol. The van der Waals surface area contributed by atoms with Crippen LogP contribution in [0.15, 0.2) is 84.9 Å². The Morgan fingerprint density at radius 2 is 1.18 bits per heavy atom. The summed E-state index contributed by atoms with van der Waals surface area (Å²) in [7, 11) is 0. The summed E-state index contributed by atoms with van der Waals surface area (Å²) < 4.78 is 0. The van der Waals surface area contributed by atoms with E-state index in [0.717, 1.165) is 16.7 Å². The Morgan fingerprint density at radius 3 is 1.77 bits per heavy atom. The molecule has 0 N–H and O–H groups in total. The molecule has 0 saturated carbocycles. The predicted octanol–water partition coefficient (Wildman–Crippen LogP) is 5.01. The van der Waals surface area contributed by atoms with Crippen molar-refractivity contribution in [1.29, 1.82) is 0 Å². The molecule has 3 aromatic carbocycles. The molecule has 3 rings (SSSR count). The van der Waals surface area contributed by atoms with E-state index in [9.17, 15) is 4.79 Å². The van der Waals surface area contributed by atoms with Crippen molar-refractivity contribution in [1.82, 2.24) is 0 Å². The third kappa shape index (κ3) is 2.99. The van der Waals surface area contributed by atoms with Gasteiger partial charge in [-0.15, -0.1) is 0 Å². The number of hydrogen-bond donors (Lipinski definition) is 0. The quantitative estimate of drug-likeness (QED) is 0.616. The zero-order valence-electron chi connectivity index (χ0n) is 12.6. The van der Waals surface area contributed by atoms with Gasteiger partial charge in [0, 0.05) is 5.56 Å². The Kier molecular flexibility index (Phi) is 4.15. The molecule has 3 aromatic rings. The van der Waals surface area contributed by atoms with E-state index in [1.54, 1.807) is 0 Å². The summed E-state index contributed by atoms with van der Waals surface area (Å²) >= 11 is 0. The molecule has 0 aromatic heterocycles. The molecule has 0 aliphatic carbocycles. The van der Waals surface area contributed by atoms with Gasteiger partial charge in [0.25, 0.3) is 0 Å². The van der Waals surface area contributed by atoms with E-state index >= 15 is 0 Å². The number of benzene rings is 3. The zero-order valence-corrected chi connectivity index (χ0v) is 12.6. The van der Waals surface area contributed by atoms with E-state index in [4.69, 9.17) is 0 Å². The molecule has 1 nitrogen and oxygen atoms in total. The van der Waals surface area contributed by atoms with Crippen molar-refractivity contribution in [3.8, 4) is 0 Å². The molecule has 0 unspecified atom stereocenters. The average molecular weight is 286 g/mol. The van der Waals surface area contributed by atoms with Gasteiger partial charge in [-0.1, -0.05) is 90.5 Å². The highest BCUT2D eigenvalue weighted by Gasteiger charge is 2.23. The second kappa shape index (κ2) is 6.40. The fraction of sp³-hybridized carbons (Fsp3) is 0.0952. The van der Waals surface area contributed by atoms with Gasteiger partial charge >= 0.3 is 0 Å². The summed E-state index contributed by atoms with van der Waals surface area (Å²) in [6, 6.07) is 27.7. The number of aryl methyl sites for hydroxylation is 1. The minimum absolute atomic E-state index is 0.135. The van der Waals surface area contributed by atoms with Crippen LogP contribution in [0.5, 0.6) is 0 Å². The second-order valence-electron chi connectivity index (χ2n) is 5.48. The monoisotopic (exact) mass is 286 g/mol. The molecule has 108 valence electrons. The van der Waals surface area contributed by atoms with Crippen LogP contribution < -0.4 is 0 Å². The van der Waals surface area contributed by atoms with Crippen molar-refractivity contribution in [2.45, 2.75) is 12.8 Å². The molecule has 0 bridgehead atoms. The highest BCUT2D eigenvalue weighted by atomic mass is 16.1. The molecular weight excluding hydrogens is 268 g/mol. The lowest BCUT2D eigenvalue weighted by Crippen LogP contribution is -2.14. The molecule has 0 aliphatic heterocycles. The van der Waals surface area contributed by atoms with Crippen LogP contribution in [0.2, 0.25) is 0 Å². The Labute approximate surface area is 131 Å². The van der Waals surface area contributed by atoms with Crippen LogP contribution in [0, 0.1) is 6.92 Å². The summed E-state index contributed by atoms with van der Waals surface area (Å²) in [5.41, 5.74) is 4.01. The third-order valence-electron chi connectivity index (χ3n) is 3.86. The molecule has 0 aliphatic rings. The van der Waals surface area contributed by atoms with Crippen LogP contribution in [0.4, 0.5) is 0 Å². The van der Waals surface area contributed by atoms with Crippen molar-refractivity contribution < 1.29 is 4.79 Å². The molecule has 0 radical (unpaired) electrons. The first-order chi connectivity index (χ1) is 10.8. The van der Waals surface area contributed by atoms with Crippen molar-refractivity contribution in [2.75, 3.05) is 0 Å². The number of ketones is 1. The van der Waals surface area contributed by atoms with Gasteiger partial charge in [-0.2, -0.15) is 0 Å². The minimum Gasteiger partial charge on any atom is -0.293 e. The minimum atomic E-state index is -0.260. The number of Topliss-reactive ketones (excluding diaryl/α,β-unsaturated/α-hetero) is 1. The average Bonchev–Trinajstić information content (AvgIpc) is 2.58. The molecular formula is C21H18O. The number of carbonyl (C=O) groups is 1. The zero-order chi connectivity index (χ0) is 15.4. The molecule has 1 heteroatoms. The lowest BCUT2D eigenvalue weighted by molar-refractivity contribution is 0.0974. The lowest BCUT2D eigenvalue weighted by Gasteiger charge is -2.17. The Balaban J connectivity index is 2.07. The molecule has 0 fully saturated rings. The van der Waals surface area contributed by atoms with Crippen LogP contribution in [0.25, 0.3) is 0 Å². The Morgan fingerprint density at radius 1 is 0.682 bits per heavy atom. The Bertz CT molecular complexity index is 743. The maximum atomic E-state index is 13.0. The number of carbonyl (C=O) groups excluding carboxylic acids is 1. The maximum absolute atomic E-state index is 13.0. The van der Waals surface area contributed by atoms with Gasteiger partial charge in [-0.25, -0.2) is 0 Å². The normalized spacial score (nSPS) is 11.9. The SMILES string of the molecule is Cc1ccc([C@@H](C(=O)c2ccccc2)c2ccccc2)cc1. The van der Waals surface area contributed by atoms with Gasteiger partial charge in [0.1, 0.15) is 0 Å². The van der Waals surface area contributed by atoms with Crippen LogP contribution in [0.3, 0.4) is 0 Å². The topological polar surface area (TPSA) is 17.1 Å². The maximum Gasteiger partial charge on any atom is 0.174 e. The first-order valence-electron chi connectivity index (χ1n) is 7.46. The number of hydrogen-bond acceptors (Lipinski definition) is 1. The smallest absolute Gasteiger partial charge is 0.174 e. The van der Waals surface area contributed by atoms with Gasteiger partial charge in [0.2, 0.25) is 0 Å². The van der Waals surface area contributed by atoms with Crippen LogP contribution in [0.1, 0.15) is 33.0 Å². The third-order valence-corrected chi connectivity index (χ3v) is 3.86. The molecule has 22 heavy (non-hydrogen) atoms. The van der Waals surface area contributed by atoms with Gasteiger partial charge < -0.3 is 0 Å². The van der Waals surface area contributed by atoms with Crippen LogP contribution in [-0.2, 0) is 0 Å². The second-order valence-corrected chi connectivity index (χ2v) is 5.48. The van der Waals surface area contributed by atoms with E-state index in [2.05, 4.69) is 19.1 Å². The fourth-order valence-corrected chi connectivity index (χ4v) is 2.67. The van der Waals surface area contributed by atoms with E-state index in [1.807, 2.05) is 72.8 Å². The first kappa shape index (κ1) is 14.3. The molecule has 0 saturated heterocycles. The molecule has 0 spiro atoms. The van der Waals surface area contributed by atoms with Crippen molar-refractivity contribution in [2.24, 2.45) is 0 Å². The van der Waals surface area contributed by atoms with E-state index in [-0.39, 0.29) is 11.7 Å².